The van der Waals surface area contributed by atoms with E-state index in [0.717, 1.165) is 30.8 Å². The van der Waals surface area contributed by atoms with E-state index in [9.17, 15) is 4.79 Å². The zero-order valence-corrected chi connectivity index (χ0v) is 11.3. The molecule has 5 nitrogen and oxygen atoms in total. The standard InChI is InChI=1S/C14H21N3O2/c1-2-3-6-16-14(18)10-17-7-8-19-13-5-4-11(15)9-12(13)17/h4-5,9H,2-3,6-8,10,15H2,1H3,(H,16,18). The number of amides is 1. The highest BCUT2D eigenvalue weighted by atomic mass is 16.5. The molecule has 3 N–H and O–H groups in total. The molecular weight excluding hydrogens is 242 g/mol. The van der Waals surface area contributed by atoms with Gasteiger partial charge in [0, 0.05) is 12.2 Å². The second-order valence-electron chi connectivity index (χ2n) is 4.70. The summed E-state index contributed by atoms with van der Waals surface area (Å²) in [5.41, 5.74) is 7.37. The summed E-state index contributed by atoms with van der Waals surface area (Å²) < 4.78 is 5.56. The molecule has 0 atom stereocenters. The minimum Gasteiger partial charge on any atom is -0.490 e. The fourth-order valence-electron chi connectivity index (χ4n) is 2.09. The number of unbranched alkanes of at least 4 members (excludes halogenated alkanes) is 1. The van der Waals surface area contributed by atoms with Gasteiger partial charge in [-0.15, -0.1) is 0 Å². The fourth-order valence-corrected chi connectivity index (χ4v) is 2.09. The normalized spacial score (nSPS) is 13.6. The first-order valence-electron chi connectivity index (χ1n) is 6.74. The average Bonchev–Trinajstić information content (AvgIpc) is 2.40. The van der Waals surface area contributed by atoms with Crippen LogP contribution >= 0.6 is 0 Å². The van der Waals surface area contributed by atoms with Crippen LogP contribution < -0.4 is 20.7 Å². The number of hydrogen-bond donors (Lipinski definition) is 2. The van der Waals surface area contributed by atoms with Crippen LogP contribution in [0.3, 0.4) is 0 Å². The predicted molar refractivity (Wildman–Crippen MR) is 76.5 cm³/mol. The van der Waals surface area contributed by atoms with Crippen molar-refractivity contribution < 1.29 is 9.53 Å². The van der Waals surface area contributed by atoms with Crippen molar-refractivity contribution in [2.45, 2.75) is 19.8 Å². The van der Waals surface area contributed by atoms with Crippen molar-refractivity contribution in [3.63, 3.8) is 0 Å². The molecule has 0 unspecified atom stereocenters. The lowest BCUT2D eigenvalue weighted by atomic mass is 10.2. The van der Waals surface area contributed by atoms with Gasteiger partial charge in [0.1, 0.15) is 12.4 Å². The van der Waals surface area contributed by atoms with Crippen LogP contribution in [0.15, 0.2) is 18.2 Å². The molecule has 0 radical (unpaired) electrons. The lowest BCUT2D eigenvalue weighted by Gasteiger charge is -2.30. The first-order valence-corrected chi connectivity index (χ1v) is 6.74. The Morgan fingerprint density at radius 1 is 1.53 bits per heavy atom. The van der Waals surface area contributed by atoms with Gasteiger partial charge in [0.05, 0.1) is 18.8 Å². The van der Waals surface area contributed by atoms with Crippen LogP contribution in [-0.2, 0) is 4.79 Å². The number of carbonyl (C=O) groups is 1. The van der Waals surface area contributed by atoms with Crippen molar-refractivity contribution in [1.29, 1.82) is 0 Å². The monoisotopic (exact) mass is 263 g/mol. The molecule has 0 saturated heterocycles. The Balaban J connectivity index is 1.99. The van der Waals surface area contributed by atoms with E-state index in [0.29, 0.717) is 25.4 Å². The van der Waals surface area contributed by atoms with Gasteiger partial charge < -0.3 is 20.7 Å². The summed E-state index contributed by atoms with van der Waals surface area (Å²) in [5, 5.41) is 2.92. The molecule has 1 aliphatic rings. The zero-order valence-electron chi connectivity index (χ0n) is 11.3. The zero-order chi connectivity index (χ0) is 13.7. The molecule has 1 aromatic rings. The van der Waals surface area contributed by atoms with Crippen LogP contribution in [-0.4, -0.2) is 32.1 Å². The van der Waals surface area contributed by atoms with Gasteiger partial charge in [0.2, 0.25) is 5.91 Å². The van der Waals surface area contributed by atoms with Crippen LogP contribution in [0.2, 0.25) is 0 Å². The number of nitrogen functional groups attached to an aromatic ring is 1. The number of benzene rings is 1. The number of anilines is 2. The highest BCUT2D eigenvalue weighted by Gasteiger charge is 2.20. The van der Waals surface area contributed by atoms with Crippen molar-refractivity contribution in [2.75, 3.05) is 36.9 Å². The molecule has 1 aliphatic heterocycles. The minimum atomic E-state index is 0.0451. The van der Waals surface area contributed by atoms with Crippen molar-refractivity contribution in [3.05, 3.63) is 18.2 Å². The number of nitrogens with two attached hydrogens (primary N) is 1. The topological polar surface area (TPSA) is 67.6 Å². The maximum Gasteiger partial charge on any atom is 0.239 e. The summed E-state index contributed by atoms with van der Waals surface area (Å²) in [4.78, 5) is 13.9. The van der Waals surface area contributed by atoms with Gasteiger partial charge in [-0.2, -0.15) is 0 Å². The van der Waals surface area contributed by atoms with Crippen LogP contribution in [0.25, 0.3) is 0 Å². The van der Waals surface area contributed by atoms with Crippen molar-refractivity contribution in [3.8, 4) is 5.75 Å². The Kier molecular flexibility index (Phi) is 4.49. The Morgan fingerprint density at radius 2 is 2.37 bits per heavy atom. The van der Waals surface area contributed by atoms with Gasteiger partial charge in [-0.25, -0.2) is 0 Å². The summed E-state index contributed by atoms with van der Waals surface area (Å²) in [6.45, 7) is 4.50. The van der Waals surface area contributed by atoms with E-state index >= 15 is 0 Å². The van der Waals surface area contributed by atoms with Crippen LogP contribution in [0.4, 0.5) is 11.4 Å². The molecule has 1 amide bonds. The number of hydrogen-bond acceptors (Lipinski definition) is 4. The van der Waals surface area contributed by atoms with E-state index in [2.05, 4.69) is 12.2 Å². The Bertz CT molecular complexity index is 448. The number of carbonyl (C=O) groups excluding carboxylic acids is 1. The molecule has 0 aromatic heterocycles. The number of nitrogens with zero attached hydrogens (tertiary/aromatic N) is 1. The van der Waals surface area contributed by atoms with Crippen molar-refractivity contribution in [1.82, 2.24) is 5.32 Å². The number of nitrogens with one attached hydrogen (secondary N) is 1. The van der Waals surface area contributed by atoms with Crippen molar-refractivity contribution >= 4 is 17.3 Å². The van der Waals surface area contributed by atoms with E-state index in [1.165, 1.54) is 0 Å². The van der Waals surface area contributed by atoms with Crippen LogP contribution in [0.1, 0.15) is 19.8 Å². The van der Waals surface area contributed by atoms with Crippen molar-refractivity contribution in [2.24, 2.45) is 0 Å². The Labute approximate surface area is 113 Å². The molecular formula is C14H21N3O2. The molecule has 1 aromatic carbocycles. The number of rotatable bonds is 5. The molecule has 0 aliphatic carbocycles. The van der Waals surface area contributed by atoms with E-state index in [1.54, 1.807) is 0 Å². The molecule has 0 bridgehead atoms. The molecule has 104 valence electrons. The van der Waals surface area contributed by atoms with Gasteiger partial charge >= 0.3 is 0 Å². The summed E-state index contributed by atoms with van der Waals surface area (Å²) in [5.74, 6) is 0.838. The van der Waals surface area contributed by atoms with Crippen LogP contribution in [0, 0.1) is 0 Å². The molecule has 0 spiro atoms. The highest BCUT2D eigenvalue weighted by molar-refractivity contribution is 5.82. The molecule has 19 heavy (non-hydrogen) atoms. The van der Waals surface area contributed by atoms with E-state index in [-0.39, 0.29) is 5.91 Å². The van der Waals surface area contributed by atoms with E-state index < -0.39 is 0 Å². The number of fused-ring (bicyclic) bond motifs is 1. The predicted octanol–water partition coefficient (Wildman–Crippen LogP) is 1.38. The second kappa shape index (κ2) is 6.31. The lowest BCUT2D eigenvalue weighted by Crippen LogP contribution is -2.41. The molecule has 2 rings (SSSR count). The highest BCUT2D eigenvalue weighted by Crippen LogP contribution is 2.32. The second-order valence-corrected chi connectivity index (χ2v) is 4.70. The van der Waals surface area contributed by atoms with E-state index in [4.69, 9.17) is 10.5 Å². The van der Waals surface area contributed by atoms with Gasteiger partial charge in [-0.1, -0.05) is 13.3 Å². The van der Waals surface area contributed by atoms with E-state index in [1.807, 2.05) is 23.1 Å². The quantitative estimate of drug-likeness (QED) is 0.622. The van der Waals surface area contributed by atoms with Gasteiger partial charge in [0.15, 0.2) is 0 Å². The van der Waals surface area contributed by atoms with Crippen LogP contribution in [0.5, 0.6) is 5.75 Å². The summed E-state index contributed by atoms with van der Waals surface area (Å²) in [6.07, 6.45) is 2.09. The molecule has 5 heteroatoms. The number of ether oxygens (including phenoxy) is 1. The minimum absolute atomic E-state index is 0.0451. The maximum atomic E-state index is 11.9. The fraction of sp³-hybridized carbons (Fsp3) is 0.500. The lowest BCUT2D eigenvalue weighted by molar-refractivity contribution is -0.119. The summed E-state index contributed by atoms with van der Waals surface area (Å²) >= 11 is 0. The smallest absolute Gasteiger partial charge is 0.239 e. The average molecular weight is 263 g/mol. The van der Waals surface area contributed by atoms with Gasteiger partial charge in [0.25, 0.3) is 0 Å². The SMILES string of the molecule is CCCCNC(=O)CN1CCOc2ccc(N)cc21. The third-order valence-corrected chi connectivity index (χ3v) is 3.13. The maximum absolute atomic E-state index is 11.9. The summed E-state index contributed by atoms with van der Waals surface area (Å²) in [7, 11) is 0. The Hall–Kier alpha value is -1.91. The Morgan fingerprint density at radius 3 is 3.16 bits per heavy atom. The first-order chi connectivity index (χ1) is 9.20. The third-order valence-electron chi connectivity index (χ3n) is 3.13. The molecule has 0 fully saturated rings. The summed E-state index contributed by atoms with van der Waals surface area (Å²) in [6, 6.07) is 5.52. The molecule has 1 heterocycles. The third kappa shape index (κ3) is 3.53. The first kappa shape index (κ1) is 13.5. The molecule has 0 saturated carbocycles. The van der Waals surface area contributed by atoms with Gasteiger partial charge in [-0.3, -0.25) is 4.79 Å². The van der Waals surface area contributed by atoms with Gasteiger partial charge in [-0.05, 0) is 24.6 Å². The largest absolute Gasteiger partial charge is 0.490 e.